The zero-order chi connectivity index (χ0) is 13.8. The van der Waals surface area contributed by atoms with Crippen molar-refractivity contribution in [3.8, 4) is 0 Å². The van der Waals surface area contributed by atoms with Gasteiger partial charge in [-0.1, -0.05) is 58.4 Å². The van der Waals surface area contributed by atoms with Crippen LogP contribution < -0.4 is 0 Å². The van der Waals surface area contributed by atoms with Gasteiger partial charge in [0, 0.05) is 17.2 Å². The van der Waals surface area contributed by atoms with Crippen LogP contribution in [0.3, 0.4) is 0 Å². The van der Waals surface area contributed by atoms with Gasteiger partial charge in [-0.15, -0.1) is 0 Å². The van der Waals surface area contributed by atoms with E-state index in [-0.39, 0.29) is 0 Å². The molecule has 20 heavy (non-hydrogen) atoms. The van der Waals surface area contributed by atoms with Crippen molar-refractivity contribution in [2.45, 2.75) is 6.54 Å². The largest absolute Gasteiger partial charge is 0.354 e. The van der Waals surface area contributed by atoms with Crippen LogP contribution in [0.1, 0.15) is 11.1 Å². The molecule has 1 aliphatic heterocycles. The normalized spacial score (nSPS) is 14.2. The summed E-state index contributed by atoms with van der Waals surface area (Å²) in [4.78, 5) is 6.85. The molecule has 0 aliphatic carbocycles. The summed E-state index contributed by atoms with van der Waals surface area (Å²) in [6.45, 7) is 1.59. The molecule has 0 aromatic heterocycles. The summed E-state index contributed by atoms with van der Waals surface area (Å²) in [5, 5.41) is 0. The summed E-state index contributed by atoms with van der Waals surface area (Å²) in [5.41, 5.74) is 3.51. The molecule has 0 N–H and O–H groups in total. The number of hydrogen-bond acceptors (Lipinski definition) is 2. The molecule has 0 unspecified atom stereocenters. The Morgan fingerprint density at radius 3 is 2.40 bits per heavy atom. The third-order valence-corrected chi connectivity index (χ3v) is 3.76. The van der Waals surface area contributed by atoms with Crippen molar-refractivity contribution in [2.75, 3.05) is 6.67 Å². The van der Waals surface area contributed by atoms with Crippen LogP contribution in [0.4, 0.5) is 0 Å². The fourth-order valence-corrected chi connectivity index (χ4v) is 2.43. The topological polar surface area (TPSA) is 15.6 Å². The maximum absolute atomic E-state index is 4.64. The minimum atomic E-state index is 0.705. The average Bonchev–Trinajstić information content (AvgIpc) is 2.51. The first kappa shape index (κ1) is 13.1. The lowest BCUT2D eigenvalue weighted by molar-refractivity contribution is 0.378. The molecule has 2 aromatic carbocycles. The molecule has 0 fully saturated rings. The second-order valence-corrected chi connectivity index (χ2v) is 5.66. The summed E-state index contributed by atoms with van der Waals surface area (Å²) >= 11 is 3.45. The maximum atomic E-state index is 4.64. The van der Waals surface area contributed by atoms with Crippen molar-refractivity contribution in [2.24, 2.45) is 4.99 Å². The Bertz CT molecular complexity index is 630. The highest BCUT2D eigenvalue weighted by molar-refractivity contribution is 9.10. The van der Waals surface area contributed by atoms with E-state index in [0.717, 1.165) is 16.7 Å². The van der Waals surface area contributed by atoms with E-state index in [1.54, 1.807) is 0 Å². The molecule has 0 amide bonds. The number of halogens is 1. The van der Waals surface area contributed by atoms with E-state index in [4.69, 9.17) is 0 Å². The second-order valence-electron chi connectivity index (χ2n) is 4.74. The van der Waals surface area contributed by atoms with Gasteiger partial charge in [0.2, 0.25) is 0 Å². The number of aliphatic imine (C=N–C) groups is 1. The summed E-state index contributed by atoms with van der Waals surface area (Å²) in [5.74, 6) is 0. The van der Waals surface area contributed by atoms with E-state index < -0.39 is 0 Å². The number of hydrogen-bond donors (Lipinski definition) is 0. The van der Waals surface area contributed by atoms with Gasteiger partial charge in [0.05, 0.1) is 5.71 Å². The van der Waals surface area contributed by atoms with Gasteiger partial charge in [0.15, 0.2) is 0 Å². The van der Waals surface area contributed by atoms with Crippen LogP contribution in [0, 0.1) is 0 Å². The highest BCUT2D eigenvalue weighted by Crippen LogP contribution is 2.14. The standard InChI is InChI=1S/C17H15BrN2/c18-16-8-6-14(7-9-16)12-20-11-10-17(19-13-20)15-4-2-1-3-5-15/h1-11H,12-13H2. The quantitative estimate of drug-likeness (QED) is 0.824. The van der Waals surface area contributed by atoms with Gasteiger partial charge in [-0.3, -0.25) is 4.99 Å². The summed E-state index contributed by atoms with van der Waals surface area (Å²) in [6.07, 6.45) is 4.20. The van der Waals surface area contributed by atoms with Gasteiger partial charge in [-0.25, -0.2) is 0 Å². The Labute approximate surface area is 127 Å². The van der Waals surface area contributed by atoms with Crippen molar-refractivity contribution in [3.63, 3.8) is 0 Å². The second kappa shape index (κ2) is 6.06. The minimum Gasteiger partial charge on any atom is -0.354 e. The first-order chi connectivity index (χ1) is 9.81. The fraction of sp³-hybridized carbons (Fsp3) is 0.118. The van der Waals surface area contributed by atoms with Crippen LogP contribution in [0.15, 0.2) is 76.3 Å². The lowest BCUT2D eigenvalue weighted by Crippen LogP contribution is -2.21. The predicted octanol–water partition coefficient (Wildman–Crippen LogP) is 4.23. The third kappa shape index (κ3) is 3.17. The summed E-state index contributed by atoms with van der Waals surface area (Å²) in [6, 6.07) is 18.7. The van der Waals surface area contributed by atoms with Gasteiger partial charge in [-0.05, 0) is 29.3 Å². The Balaban J connectivity index is 1.65. The number of nitrogens with zero attached hydrogens (tertiary/aromatic N) is 2. The first-order valence-electron chi connectivity index (χ1n) is 6.58. The Kier molecular flexibility index (Phi) is 3.97. The number of rotatable bonds is 3. The number of benzene rings is 2. The average molecular weight is 327 g/mol. The van der Waals surface area contributed by atoms with Crippen LogP contribution in [-0.4, -0.2) is 17.3 Å². The van der Waals surface area contributed by atoms with Crippen LogP contribution in [-0.2, 0) is 6.54 Å². The zero-order valence-electron chi connectivity index (χ0n) is 11.0. The summed E-state index contributed by atoms with van der Waals surface area (Å²) < 4.78 is 1.11. The van der Waals surface area contributed by atoms with E-state index in [1.807, 2.05) is 18.2 Å². The smallest absolute Gasteiger partial charge is 0.110 e. The first-order valence-corrected chi connectivity index (χ1v) is 7.37. The van der Waals surface area contributed by atoms with E-state index in [1.165, 1.54) is 11.1 Å². The molecule has 3 rings (SSSR count). The molecule has 2 nitrogen and oxygen atoms in total. The monoisotopic (exact) mass is 326 g/mol. The van der Waals surface area contributed by atoms with Gasteiger partial charge < -0.3 is 4.90 Å². The molecule has 0 saturated heterocycles. The van der Waals surface area contributed by atoms with Crippen LogP contribution >= 0.6 is 15.9 Å². The molecule has 0 atom stereocenters. The highest BCUT2D eigenvalue weighted by Gasteiger charge is 2.07. The highest BCUT2D eigenvalue weighted by atomic mass is 79.9. The van der Waals surface area contributed by atoms with Gasteiger partial charge in [-0.2, -0.15) is 0 Å². The molecule has 0 radical (unpaired) electrons. The fourth-order valence-electron chi connectivity index (χ4n) is 2.17. The van der Waals surface area contributed by atoms with Crippen molar-refractivity contribution in [3.05, 3.63) is 82.5 Å². The van der Waals surface area contributed by atoms with E-state index in [0.29, 0.717) is 6.67 Å². The Morgan fingerprint density at radius 2 is 1.75 bits per heavy atom. The van der Waals surface area contributed by atoms with Crippen molar-refractivity contribution in [1.82, 2.24) is 4.90 Å². The number of allylic oxidation sites excluding steroid dienone is 1. The predicted molar refractivity (Wildman–Crippen MR) is 86.7 cm³/mol. The van der Waals surface area contributed by atoms with E-state index in [2.05, 4.69) is 74.5 Å². The molecule has 0 saturated carbocycles. The van der Waals surface area contributed by atoms with Crippen molar-refractivity contribution < 1.29 is 0 Å². The molecule has 100 valence electrons. The molecule has 0 bridgehead atoms. The molecule has 1 heterocycles. The molecular formula is C17H15BrN2. The molecule has 2 aromatic rings. The molecule has 3 heteroatoms. The third-order valence-electron chi connectivity index (χ3n) is 3.23. The van der Waals surface area contributed by atoms with Crippen LogP contribution in [0.2, 0.25) is 0 Å². The molecule has 1 aliphatic rings. The maximum Gasteiger partial charge on any atom is 0.110 e. The zero-order valence-corrected chi connectivity index (χ0v) is 12.6. The van der Waals surface area contributed by atoms with Crippen LogP contribution in [0.5, 0.6) is 0 Å². The van der Waals surface area contributed by atoms with Crippen molar-refractivity contribution in [1.29, 1.82) is 0 Å². The SMILES string of the molecule is Brc1ccc(CN2C=CC(c3ccccc3)=NC2)cc1. The van der Waals surface area contributed by atoms with Gasteiger partial charge >= 0.3 is 0 Å². The molecular weight excluding hydrogens is 312 g/mol. The Hall–Kier alpha value is -1.87. The van der Waals surface area contributed by atoms with Crippen molar-refractivity contribution >= 4 is 21.6 Å². The lowest BCUT2D eigenvalue weighted by atomic mass is 10.1. The van der Waals surface area contributed by atoms with Gasteiger partial charge in [0.25, 0.3) is 0 Å². The van der Waals surface area contributed by atoms with Gasteiger partial charge in [0.1, 0.15) is 6.67 Å². The lowest BCUT2D eigenvalue weighted by Gasteiger charge is -2.22. The minimum absolute atomic E-state index is 0.705. The Morgan fingerprint density at radius 1 is 1.00 bits per heavy atom. The molecule has 0 spiro atoms. The van der Waals surface area contributed by atoms with E-state index >= 15 is 0 Å². The van der Waals surface area contributed by atoms with E-state index in [9.17, 15) is 0 Å². The van der Waals surface area contributed by atoms with Crippen LogP contribution in [0.25, 0.3) is 0 Å². The summed E-state index contributed by atoms with van der Waals surface area (Å²) in [7, 11) is 0.